The largest absolute Gasteiger partial charge is 0.373 e. The average molecular weight is 248 g/mol. The zero-order valence-corrected chi connectivity index (χ0v) is 10.7. The van der Waals surface area contributed by atoms with Crippen LogP contribution >= 0.6 is 0 Å². The van der Waals surface area contributed by atoms with Crippen molar-refractivity contribution in [2.24, 2.45) is 0 Å². The van der Waals surface area contributed by atoms with Crippen LogP contribution in [0.2, 0.25) is 0 Å². The summed E-state index contributed by atoms with van der Waals surface area (Å²) in [4.78, 5) is 2.17. The van der Waals surface area contributed by atoms with E-state index < -0.39 is 0 Å². The Labute approximate surface area is 107 Å². The van der Waals surface area contributed by atoms with Gasteiger partial charge in [0.1, 0.15) is 5.82 Å². The van der Waals surface area contributed by atoms with Gasteiger partial charge in [-0.05, 0) is 32.0 Å². The van der Waals surface area contributed by atoms with Crippen LogP contribution in [0.5, 0.6) is 0 Å². The molecule has 1 fully saturated rings. The highest BCUT2D eigenvalue weighted by Crippen LogP contribution is 2.17. The van der Waals surface area contributed by atoms with Crippen molar-refractivity contribution in [1.29, 1.82) is 5.26 Å². The van der Waals surface area contributed by atoms with E-state index in [9.17, 15) is 4.39 Å². The summed E-state index contributed by atoms with van der Waals surface area (Å²) in [5.41, 5.74) is 1.08. The number of hydrogen-bond donors (Lipinski definition) is 0. The second kappa shape index (κ2) is 5.47. The Bertz CT molecular complexity index is 459. The van der Waals surface area contributed by atoms with Gasteiger partial charge in [0.2, 0.25) is 0 Å². The molecule has 1 aromatic carbocycles. The van der Waals surface area contributed by atoms with Crippen molar-refractivity contribution < 1.29 is 9.13 Å². The molecule has 96 valence electrons. The number of benzene rings is 1. The Kier molecular flexibility index (Phi) is 3.95. The van der Waals surface area contributed by atoms with Crippen LogP contribution in [-0.2, 0) is 11.3 Å². The molecule has 0 amide bonds. The van der Waals surface area contributed by atoms with Gasteiger partial charge in [-0.1, -0.05) is 0 Å². The smallest absolute Gasteiger partial charge is 0.127 e. The Balaban J connectivity index is 2.11. The van der Waals surface area contributed by atoms with Gasteiger partial charge in [-0.2, -0.15) is 5.26 Å². The molecule has 4 heteroatoms. The average Bonchev–Trinajstić information content (AvgIpc) is 2.30. The maximum Gasteiger partial charge on any atom is 0.127 e. The fourth-order valence-electron chi connectivity index (χ4n) is 2.42. The first-order valence-electron chi connectivity index (χ1n) is 6.15. The lowest BCUT2D eigenvalue weighted by molar-refractivity contribution is -0.0707. The van der Waals surface area contributed by atoms with Gasteiger partial charge in [0, 0.05) is 25.2 Å². The quantitative estimate of drug-likeness (QED) is 0.805. The third-order valence-corrected chi connectivity index (χ3v) is 3.06. The molecular formula is C14H17FN2O. The maximum atomic E-state index is 13.7. The molecule has 0 aromatic heterocycles. The Morgan fingerprint density at radius 1 is 1.39 bits per heavy atom. The Hall–Kier alpha value is -1.44. The van der Waals surface area contributed by atoms with Crippen LogP contribution in [0.15, 0.2) is 18.2 Å². The summed E-state index contributed by atoms with van der Waals surface area (Å²) in [5.74, 6) is -0.249. The predicted molar refractivity (Wildman–Crippen MR) is 66.4 cm³/mol. The van der Waals surface area contributed by atoms with Gasteiger partial charge in [0.15, 0.2) is 0 Å². The lowest BCUT2D eigenvalue weighted by Crippen LogP contribution is -2.44. The van der Waals surface area contributed by atoms with Crippen molar-refractivity contribution in [1.82, 2.24) is 4.90 Å². The van der Waals surface area contributed by atoms with Gasteiger partial charge < -0.3 is 4.74 Å². The van der Waals surface area contributed by atoms with E-state index in [1.165, 1.54) is 12.1 Å². The zero-order valence-electron chi connectivity index (χ0n) is 10.7. The van der Waals surface area contributed by atoms with Crippen LogP contribution in [0.3, 0.4) is 0 Å². The number of hydrogen-bond acceptors (Lipinski definition) is 3. The summed E-state index contributed by atoms with van der Waals surface area (Å²) < 4.78 is 19.3. The van der Waals surface area contributed by atoms with Gasteiger partial charge in [-0.3, -0.25) is 4.90 Å². The molecule has 0 bridgehead atoms. The van der Waals surface area contributed by atoms with Crippen molar-refractivity contribution >= 4 is 0 Å². The van der Waals surface area contributed by atoms with Crippen molar-refractivity contribution in [2.45, 2.75) is 32.6 Å². The van der Waals surface area contributed by atoms with Crippen LogP contribution in [0.1, 0.15) is 25.0 Å². The number of halogens is 1. The molecule has 0 radical (unpaired) electrons. The monoisotopic (exact) mass is 248 g/mol. The van der Waals surface area contributed by atoms with E-state index in [4.69, 9.17) is 10.00 Å². The molecule has 1 heterocycles. The second-order valence-electron chi connectivity index (χ2n) is 4.87. The minimum atomic E-state index is -0.249. The first-order valence-corrected chi connectivity index (χ1v) is 6.15. The summed E-state index contributed by atoms with van der Waals surface area (Å²) in [6, 6.07) is 6.53. The Morgan fingerprint density at radius 3 is 2.67 bits per heavy atom. The zero-order chi connectivity index (χ0) is 13.1. The van der Waals surface area contributed by atoms with Crippen molar-refractivity contribution in [3.8, 4) is 6.07 Å². The molecule has 0 unspecified atom stereocenters. The maximum absolute atomic E-state index is 13.7. The lowest BCUT2D eigenvalue weighted by atomic mass is 10.1. The summed E-state index contributed by atoms with van der Waals surface area (Å²) in [6.45, 7) is 6.15. The minimum absolute atomic E-state index is 0.163. The Morgan fingerprint density at radius 2 is 2.06 bits per heavy atom. The molecular weight excluding hydrogens is 231 g/mol. The standard InChI is InChI=1S/C14H17FN2O/c1-10-7-17(8-11(2)18-10)9-13-5-12(6-16)3-4-14(13)15/h3-5,10-11H,7-9H2,1-2H3/t10-,11-/m0/s1. The third kappa shape index (κ3) is 3.06. The SMILES string of the molecule is C[C@H]1CN(Cc2cc(C#N)ccc2F)C[C@H](C)O1. The van der Waals surface area contributed by atoms with Crippen LogP contribution in [-0.4, -0.2) is 30.2 Å². The molecule has 0 spiro atoms. The van der Waals surface area contributed by atoms with Gasteiger partial charge in [-0.25, -0.2) is 4.39 Å². The number of nitriles is 1. The van der Waals surface area contributed by atoms with Crippen LogP contribution in [0, 0.1) is 17.1 Å². The molecule has 0 N–H and O–H groups in total. The number of ether oxygens (including phenoxy) is 1. The number of rotatable bonds is 2. The summed E-state index contributed by atoms with van der Waals surface area (Å²) in [6.07, 6.45) is 0.326. The summed E-state index contributed by atoms with van der Waals surface area (Å²) >= 11 is 0. The van der Waals surface area contributed by atoms with E-state index in [0.29, 0.717) is 17.7 Å². The molecule has 18 heavy (non-hydrogen) atoms. The van der Waals surface area contributed by atoms with Gasteiger partial charge in [0.25, 0.3) is 0 Å². The normalized spacial score (nSPS) is 24.8. The van der Waals surface area contributed by atoms with E-state index in [1.54, 1.807) is 6.07 Å². The summed E-state index contributed by atoms with van der Waals surface area (Å²) in [5, 5.41) is 8.84. The molecule has 1 aromatic rings. The third-order valence-electron chi connectivity index (χ3n) is 3.06. The molecule has 1 saturated heterocycles. The van der Waals surface area contributed by atoms with E-state index in [-0.39, 0.29) is 18.0 Å². The molecule has 2 atom stereocenters. The fraction of sp³-hybridized carbons (Fsp3) is 0.500. The topological polar surface area (TPSA) is 36.3 Å². The molecule has 0 saturated carbocycles. The lowest BCUT2D eigenvalue weighted by Gasteiger charge is -2.35. The van der Waals surface area contributed by atoms with E-state index in [2.05, 4.69) is 4.90 Å². The van der Waals surface area contributed by atoms with Gasteiger partial charge >= 0.3 is 0 Å². The highest BCUT2D eigenvalue weighted by Gasteiger charge is 2.22. The molecule has 1 aliphatic rings. The van der Waals surface area contributed by atoms with Gasteiger partial charge in [-0.15, -0.1) is 0 Å². The van der Waals surface area contributed by atoms with Crippen LogP contribution in [0.4, 0.5) is 4.39 Å². The highest BCUT2D eigenvalue weighted by atomic mass is 19.1. The van der Waals surface area contributed by atoms with Crippen LogP contribution in [0.25, 0.3) is 0 Å². The second-order valence-corrected chi connectivity index (χ2v) is 4.87. The predicted octanol–water partition coefficient (Wildman–Crippen LogP) is 2.31. The van der Waals surface area contributed by atoms with E-state index >= 15 is 0 Å². The molecule has 1 aliphatic heterocycles. The first kappa shape index (κ1) is 13.0. The van der Waals surface area contributed by atoms with Gasteiger partial charge in [0.05, 0.1) is 23.8 Å². The molecule has 3 nitrogen and oxygen atoms in total. The first-order chi connectivity index (χ1) is 8.58. The molecule has 0 aliphatic carbocycles. The minimum Gasteiger partial charge on any atom is -0.373 e. The number of morpholine rings is 1. The van der Waals surface area contributed by atoms with Crippen molar-refractivity contribution in [3.05, 3.63) is 35.1 Å². The van der Waals surface area contributed by atoms with Crippen LogP contribution < -0.4 is 0 Å². The van der Waals surface area contributed by atoms with E-state index in [0.717, 1.165) is 13.1 Å². The van der Waals surface area contributed by atoms with Crippen molar-refractivity contribution in [3.63, 3.8) is 0 Å². The number of nitrogens with zero attached hydrogens (tertiary/aromatic N) is 2. The van der Waals surface area contributed by atoms with E-state index in [1.807, 2.05) is 19.9 Å². The summed E-state index contributed by atoms with van der Waals surface area (Å²) in [7, 11) is 0. The van der Waals surface area contributed by atoms with Crippen molar-refractivity contribution in [2.75, 3.05) is 13.1 Å². The highest BCUT2D eigenvalue weighted by molar-refractivity contribution is 5.33. The fourth-order valence-corrected chi connectivity index (χ4v) is 2.42. The molecule has 2 rings (SSSR count).